The Morgan fingerprint density at radius 3 is 1.55 bits per heavy atom. The van der Waals surface area contributed by atoms with E-state index in [0.29, 0.717) is 6.04 Å². The Labute approximate surface area is 191 Å². The van der Waals surface area contributed by atoms with E-state index in [0.717, 1.165) is 35.3 Å². The van der Waals surface area contributed by atoms with Crippen LogP contribution in [0.3, 0.4) is 0 Å². The van der Waals surface area contributed by atoms with Crippen molar-refractivity contribution in [2.75, 3.05) is 0 Å². The van der Waals surface area contributed by atoms with Gasteiger partial charge in [-0.15, -0.1) is 0 Å². The van der Waals surface area contributed by atoms with Crippen molar-refractivity contribution in [1.82, 2.24) is 0 Å². The summed E-state index contributed by atoms with van der Waals surface area (Å²) in [6.45, 7) is 25.8. The molecule has 0 bridgehead atoms. The third-order valence-corrected chi connectivity index (χ3v) is 5.96. The van der Waals surface area contributed by atoms with Gasteiger partial charge in [0.25, 0.3) is 0 Å². The van der Waals surface area contributed by atoms with E-state index in [9.17, 15) is 4.79 Å². The zero-order chi connectivity index (χ0) is 24.0. The maximum Gasteiger partial charge on any atom is 0.339 e. The van der Waals surface area contributed by atoms with Crippen LogP contribution in [0.4, 0.5) is 0 Å². The quantitative estimate of drug-likeness (QED) is 0.419. The Balaban J connectivity index is 2.90. The Morgan fingerprint density at radius 1 is 0.710 bits per heavy atom. The van der Waals surface area contributed by atoms with Gasteiger partial charge < -0.3 is 4.74 Å². The molecule has 0 amide bonds. The molecular formula is C28H47NO2. The Hall–Kier alpha value is -1.38. The van der Waals surface area contributed by atoms with Gasteiger partial charge in [0, 0.05) is 0 Å². The summed E-state index contributed by atoms with van der Waals surface area (Å²) < 4.78 is 5.99. The van der Waals surface area contributed by atoms with Gasteiger partial charge in [0.2, 0.25) is 0 Å². The second-order valence-corrected chi connectivity index (χ2v) is 13.5. The molecule has 2 aliphatic rings. The van der Waals surface area contributed by atoms with Crippen molar-refractivity contribution in [1.29, 1.82) is 0 Å². The summed E-state index contributed by atoms with van der Waals surface area (Å²) in [4.78, 5) is 19.1. The number of ether oxygens (including phenoxy) is 1. The highest BCUT2D eigenvalue weighted by Gasteiger charge is 2.47. The van der Waals surface area contributed by atoms with Crippen molar-refractivity contribution in [3.8, 4) is 0 Å². The van der Waals surface area contributed by atoms with E-state index in [1.54, 1.807) is 0 Å². The fourth-order valence-electron chi connectivity index (χ4n) is 4.88. The van der Waals surface area contributed by atoms with Crippen LogP contribution in [-0.2, 0) is 9.53 Å². The molecule has 0 aromatic heterocycles. The highest BCUT2D eigenvalue weighted by Crippen LogP contribution is 2.52. The lowest BCUT2D eigenvalue weighted by molar-refractivity contribution is -0.149. The standard InChI is InChI=1S/C28H47NO2/c1-25(2,3)20-19(24(30)31-28(10,11)12)21(26(4,5)6)23(22(20)27(7,8)9)29-18-16-14-13-15-17-18/h18H,13-17H2,1-12H3. The number of hydrogen-bond acceptors (Lipinski definition) is 3. The summed E-state index contributed by atoms with van der Waals surface area (Å²) in [6.07, 6.45) is 6.09. The van der Waals surface area contributed by atoms with Crippen LogP contribution in [0.25, 0.3) is 0 Å². The summed E-state index contributed by atoms with van der Waals surface area (Å²) in [7, 11) is 0. The molecule has 0 saturated heterocycles. The number of hydrogen-bond donors (Lipinski definition) is 0. The molecule has 0 aromatic carbocycles. The average molecular weight is 430 g/mol. The predicted octanol–water partition coefficient (Wildman–Crippen LogP) is 7.85. The van der Waals surface area contributed by atoms with E-state index in [2.05, 4.69) is 62.3 Å². The molecule has 0 N–H and O–H groups in total. The van der Waals surface area contributed by atoms with Crippen molar-refractivity contribution >= 4 is 11.7 Å². The summed E-state index contributed by atoms with van der Waals surface area (Å²) in [5.74, 6) is -0.210. The van der Waals surface area contributed by atoms with Gasteiger partial charge in [0.05, 0.1) is 17.3 Å². The van der Waals surface area contributed by atoms with Crippen molar-refractivity contribution in [2.24, 2.45) is 21.2 Å². The second kappa shape index (κ2) is 8.52. The zero-order valence-corrected chi connectivity index (χ0v) is 22.4. The first-order chi connectivity index (χ1) is 13.8. The number of carbonyl (C=O) groups is 1. The molecule has 0 aliphatic heterocycles. The first-order valence-electron chi connectivity index (χ1n) is 12.2. The number of nitrogens with zero attached hydrogens (tertiary/aromatic N) is 1. The maximum atomic E-state index is 13.7. The molecule has 3 heteroatoms. The van der Waals surface area contributed by atoms with Gasteiger partial charge >= 0.3 is 5.97 Å². The van der Waals surface area contributed by atoms with Crippen LogP contribution in [-0.4, -0.2) is 23.3 Å². The molecule has 0 radical (unpaired) electrons. The molecule has 0 unspecified atom stereocenters. The van der Waals surface area contributed by atoms with Gasteiger partial charge in [-0.05, 0) is 66.6 Å². The van der Waals surface area contributed by atoms with Gasteiger partial charge in [-0.2, -0.15) is 0 Å². The van der Waals surface area contributed by atoms with Crippen molar-refractivity contribution in [3.05, 3.63) is 22.3 Å². The van der Waals surface area contributed by atoms with Gasteiger partial charge in [-0.25, -0.2) is 4.79 Å². The minimum Gasteiger partial charge on any atom is -0.456 e. The van der Waals surface area contributed by atoms with Crippen molar-refractivity contribution in [3.63, 3.8) is 0 Å². The van der Waals surface area contributed by atoms with Crippen molar-refractivity contribution < 1.29 is 9.53 Å². The number of carbonyl (C=O) groups excluding carboxylic acids is 1. The highest BCUT2D eigenvalue weighted by atomic mass is 16.6. The highest BCUT2D eigenvalue weighted by molar-refractivity contribution is 6.23. The first-order valence-corrected chi connectivity index (χ1v) is 12.2. The smallest absolute Gasteiger partial charge is 0.339 e. The number of aliphatic imine (C=N–C) groups is 1. The monoisotopic (exact) mass is 429 g/mol. The van der Waals surface area contributed by atoms with E-state index in [4.69, 9.17) is 9.73 Å². The third-order valence-electron chi connectivity index (χ3n) is 5.96. The molecule has 3 nitrogen and oxygen atoms in total. The van der Waals surface area contributed by atoms with E-state index >= 15 is 0 Å². The van der Waals surface area contributed by atoms with Gasteiger partial charge in [0.1, 0.15) is 5.60 Å². The van der Waals surface area contributed by atoms with Gasteiger partial charge in [-0.3, -0.25) is 4.99 Å². The van der Waals surface area contributed by atoms with Crippen LogP contribution in [0.15, 0.2) is 27.3 Å². The second-order valence-electron chi connectivity index (χ2n) is 13.5. The average Bonchev–Trinajstić information content (AvgIpc) is 2.89. The minimum absolute atomic E-state index is 0.129. The molecule has 0 heterocycles. The number of allylic oxidation sites excluding steroid dienone is 2. The third kappa shape index (κ3) is 6.11. The largest absolute Gasteiger partial charge is 0.456 e. The van der Waals surface area contributed by atoms with E-state index in [1.165, 1.54) is 24.8 Å². The van der Waals surface area contributed by atoms with Gasteiger partial charge in [-0.1, -0.05) is 81.6 Å². The lowest BCUT2D eigenvalue weighted by Gasteiger charge is -2.32. The first kappa shape index (κ1) is 25.9. The fraction of sp³-hybridized carbons (Fsp3) is 0.786. The Kier molecular flexibility index (Phi) is 7.11. The SMILES string of the molecule is CC(C)(C)OC(=O)C1=C(C(C)(C)C)C(=NC2CCCCC2)C(C(C)(C)C)=C1C(C)(C)C. The molecule has 31 heavy (non-hydrogen) atoms. The maximum absolute atomic E-state index is 13.7. The van der Waals surface area contributed by atoms with Crippen LogP contribution >= 0.6 is 0 Å². The van der Waals surface area contributed by atoms with E-state index < -0.39 is 5.60 Å². The van der Waals surface area contributed by atoms with E-state index in [1.807, 2.05) is 20.8 Å². The lowest BCUT2D eigenvalue weighted by atomic mass is 9.74. The summed E-state index contributed by atoms with van der Waals surface area (Å²) in [5.41, 5.74) is 4.16. The fourth-order valence-corrected chi connectivity index (χ4v) is 4.88. The van der Waals surface area contributed by atoms with Crippen LogP contribution in [0.5, 0.6) is 0 Å². The van der Waals surface area contributed by atoms with Crippen LogP contribution in [0.1, 0.15) is 115 Å². The topological polar surface area (TPSA) is 38.7 Å². The molecule has 0 atom stereocenters. The summed E-state index contributed by atoms with van der Waals surface area (Å²) in [6, 6.07) is 0.345. The Bertz CT molecular complexity index is 790. The summed E-state index contributed by atoms with van der Waals surface area (Å²) >= 11 is 0. The molecule has 2 rings (SSSR count). The Morgan fingerprint density at radius 2 is 1.16 bits per heavy atom. The number of esters is 1. The minimum atomic E-state index is -0.540. The predicted molar refractivity (Wildman–Crippen MR) is 133 cm³/mol. The van der Waals surface area contributed by atoms with Crippen LogP contribution in [0.2, 0.25) is 0 Å². The zero-order valence-electron chi connectivity index (χ0n) is 22.4. The molecule has 1 saturated carbocycles. The van der Waals surface area contributed by atoms with Crippen LogP contribution in [0, 0.1) is 16.2 Å². The van der Waals surface area contributed by atoms with E-state index in [-0.39, 0.29) is 22.2 Å². The van der Waals surface area contributed by atoms with Gasteiger partial charge in [0.15, 0.2) is 0 Å². The molecule has 1 fully saturated rings. The molecular weight excluding hydrogens is 382 g/mol. The molecule has 176 valence electrons. The molecule has 0 spiro atoms. The summed E-state index contributed by atoms with van der Waals surface area (Å²) in [5, 5.41) is 0. The normalized spacial score (nSPS) is 21.4. The molecule has 2 aliphatic carbocycles. The van der Waals surface area contributed by atoms with Crippen molar-refractivity contribution in [2.45, 2.75) is 127 Å². The van der Waals surface area contributed by atoms with Crippen LogP contribution < -0.4 is 0 Å². The molecule has 0 aromatic rings. The lowest BCUT2D eigenvalue weighted by Crippen LogP contribution is -2.29. The number of rotatable bonds is 2.